The van der Waals surface area contributed by atoms with Gasteiger partial charge in [0.05, 0.1) is 12.1 Å². The number of piperidine rings is 1. The Hall–Kier alpha value is -1.55. The van der Waals surface area contributed by atoms with Gasteiger partial charge in [-0.05, 0) is 37.4 Å². The summed E-state index contributed by atoms with van der Waals surface area (Å²) in [6.45, 7) is 2.88. The summed E-state index contributed by atoms with van der Waals surface area (Å²) in [5, 5.41) is 6.93. The number of fused-ring (bicyclic) bond motifs is 3. The van der Waals surface area contributed by atoms with Crippen LogP contribution in [-0.4, -0.2) is 36.5 Å². The number of carbonyl (C=O) groups excluding carboxylic acids is 1. The Kier molecular flexibility index (Phi) is 3.34. The summed E-state index contributed by atoms with van der Waals surface area (Å²) < 4.78 is 0. The predicted octanol–water partition coefficient (Wildman–Crippen LogP) is 2.14. The molecule has 3 aliphatic heterocycles. The number of para-hydroxylation sites is 1. The zero-order valence-electron chi connectivity index (χ0n) is 12.3. The first-order valence-corrected chi connectivity index (χ1v) is 8.21. The van der Waals surface area contributed by atoms with Crippen LogP contribution in [0.3, 0.4) is 0 Å². The molecule has 2 fully saturated rings. The van der Waals surface area contributed by atoms with Crippen molar-refractivity contribution in [3.63, 3.8) is 0 Å². The first-order chi connectivity index (χ1) is 10.3. The highest BCUT2D eigenvalue weighted by molar-refractivity contribution is 5.83. The number of carbonyl (C=O) groups is 1. The van der Waals surface area contributed by atoms with Gasteiger partial charge in [0.1, 0.15) is 0 Å². The van der Waals surface area contributed by atoms with Gasteiger partial charge in [-0.1, -0.05) is 24.6 Å². The lowest BCUT2D eigenvalue weighted by atomic mass is 9.88. The molecule has 3 aliphatic rings. The van der Waals surface area contributed by atoms with E-state index in [2.05, 4.69) is 39.8 Å². The molecule has 2 unspecified atom stereocenters. The van der Waals surface area contributed by atoms with Crippen molar-refractivity contribution in [1.29, 1.82) is 0 Å². The largest absolute Gasteiger partial charge is 0.384 e. The van der Waals surface area contributed by atoms with Gasteiger partial charge in [-0.15, -0.1) is 0 Å². The van der Waals surface area contributed by atoms with Crippen LogP contribution in [0.25, 0.3) is 0 Å². The van der Waals surface area contributed by atoms with Crippen LogP contribution in [0.1, 0.15) is 37.3 Å². The number of nitrogens with one attached hydrogen (secondary N) is 2. The molecule has 0 saturated carbocycles. The van der Waals surface area contributed by atoms with Crippen LogP contribution in [0.4, 0.5) is 5.69 Å². The fourth-order valence-electron chi connectivity index (χ4n) is 4.16. The molecular weight excluding hydrogens is 262 g/mol. The van der Waals surface area contributed by atoms with Crippen molar-refractivity contribution in [3.8, 4) is 0 Å². The van der Waals surface area contributed by atoms with E-state index in [4.69, 9.17) is 0 Å². The lowest BCUT2D eigenvalue weighted by molar-refractivity contribution is -0.135. The minimum absolute atomic E-state index is 0.0412. The number of benzene rings is 1. The third-order valence-corrected chi connectivity index (χ3v) is 5.25. The van der Waals surface area contributed by atoms with E-state index in [1.54, 1.807) is 0 Å². The molecule has 4 rings (SSSR count). The molecule has 112 valence electrons. The Labute approximate surface area is 125 Å². The standard InChI is InChI=1S/C17H23N3O/c21-17(15-7-3-4-9-18-15)20-10-8-12-11-19-14-6-2-1-5-13(14)16(12)20/h1-2,5-6,12,15-16,18-19H,3-4,7-11H2/t12?,15-,16?/m1/s1. The van der Waals surface area contributed by atoms with E-state index in [0.29, 0.717) is 11.8 Å². The average molecular weight is 285 g/mol. The number of nitrogens with zero attached hydrogens (tertiary/aromatic N) is 1. The molecule has 3 heterocycles. The van der Waals surface area contributed by atoms with Crippen molar-refractivity contribution in [2.75, 3.05) is 25.0 Å². The Bertz CT molecular complexity index is 539. The van der Waals surface area contributed by atoms with Crippen LogP contribution < -0.4 is 10.6 Å². The molecule has 1 aromatic carbocycles. The Morgan fingerprint density at radius 3 is 2.95 bits per heavy atom. The predicted molar refractivity (Wildman–Crippen MR) is 83.1 cm³/mol. The second kappa shape index (κ2) is 5.34. The fourth-order valence-corrected chi connectivity index (χ4v) is 4.16. The van der Waals surface area contributed by atoms with Gasteiger partial charge in [0, 0.05) is 24.7 Å². The van der Waals surface area contributed by atoms with Gasteiger partial charge in [0.25, 0.3) is 0 Å². The van der Waals surface area contributed by atoms with Crippen molar-refractivity contribution in [1.82, 2.24) is 10.2 Å². The first-order valence-electron chi connectivity index (χ1n) is 8.21. The van der Waals surface area contributed by atoms with E-state index in [1.807, 2.05) is 0 Å². The molecule has 0 radical (unpaired) electrons. The van der Waals surface area contributed by atoms with Gasteiger partial charge in [-0.25, -0.2) is 0 Å². The van der Waals surface area contributed by atoms with Gasteiger partial charge in [0.15, 0.2) is 0 Å². The second-order valence-electron chi connectivity index (χ2n) is 6.50. The van der Waals surface area contributed by atoms with E-state index in [9.17, 15) is 4.79 Å². The van der Waals surface area contributed by atoms with Gasteiger partial charge in [0.2, 0.25) is 5.91 Å². The Balaban J connectivity index is 1.61. The number of hydrogen-bond acceptors (Lipinski definition) is 3. The Morgan fingerprint density at radius 2 is 2.10 bits per heavy atom. The molecule has 1 amide bonds. The highest BCUT2D eigenvalue weighted by atomic mass is 16.2. The van der Waals surface area contributed by atoms with Gasteiger partial charge >= 0.3 is 0 Å². The van der Waals surface area contributed by atoms with Crippen LogP contribution in [0, 0.1) is 5.92 Å². The summed E-state index contributed by atoms with van der Waals surface area (Å²) in [7, 11) is 0. The Morgan fingerprint density at radius 1 is 1.19 bits per heavy atom. The summed E-state index contributed by atoms with van der Waals surface area (Å²) >= 11 is 0. The average Bonchev–Trinajstić information content (AvgIpc) is 2.99. The normalized spacial score (nSPS) is 31.2. The van der Waals surface area contributed by atoms with Crippen molar-refractivity contribution in [2.24, 2.45) is 5.92 Å². The maximum absolute atomic E-state index is 12.9. The highest BCUT2D eigenvalue weighted by Gasteiger charge is 2.42. The summed E-state index contributed by atoms with van der Waals surface area (Å²) in [4.78, 5) is 15.1. The van der Waals surface area contributed by atoms with Crippen molar-refractivity contribution in [3.05, 3.63) is 29.8 Å². The summed E-state index contributed by atoms with van der Waals surface area (Å²) in [5.41, 5.74) is 2.51. The number of hydrogen-bond donors (Lipinski definition) is 2. The van der Waals surface area contributed by atoms with Gasteiger partial charge in [-0.2, -0.15) is 0 Å². The minimum atomic E-state index is 0.0412. The second-order valence-corrected chi connectivity index (χ2v) is 6.50. The molecule has 0 bridgehead atoms. The molecule has 4 heteroatoms. The van der Waals surface area contributed by atoms with Crippen LogP contribution in [-0.2, 0) is 4.79 Å². The van der Waals surface area contributed by atoms with Crippen molar-refractivity contribution < 1.29 is 4.79 Å². The van der Waals surface area contributed by atoms with E-state index < -0.39 is 0 Å². The van der Waals surface area contributed by atoms with Crippen LogP contribution >= 0.6 is 0 Å². The molecule has 0 aromatic heterocycles. The van der Waals surface area contributed by atoms with E-state index in [-0.39, 0.29) is 12.1 Å². The van der Waals surface area contributed by atoms with Gasteiger partial charge in [-0.3, -0.25) is 4.79 Å². The number of amides is 1. The number of rotatable bonds is 1. The molecule has 2 saturated heterocycles. The number of anilines is 1. The first kappa shape index (κ1) is 13.1. The topological polar surface area (TPSA) is 44.4 Å². The quantitative estimate of drug-likeness (QED) is 0.831. The SMILES string of the molecule is O=C([C@H]1CCCCN1)N1CCC2CNc3ccccc3C21. The van der Waals surface area contributed by atoms with Crippen molar-refractivity contribution in [2.45, 2.75) is 37.8 Å². The maximum Gasteiger partial charge on any atom is 0.240 e. The van der Waals surface area contributed by atoms with Crippen molar-refractivity contribution >= 4 is 11.6 Å². The monoisotopic (exact) mass is 285 g/mol. The van der Waals surface area contributed by atoms with Crippen LogP contribution in [0.2, 0.25) is 0 Å². The zero-order valence-corrected chi connectivity index (χ0v) is 12.3. The lowest BCUT2D eigenvalue weighted by Gasteiger charge is -2.36. The molecule has 0 aliphatic carbocycles. The fraction of sp³-hybridized carbons (Fsp3) is 0.588. The molecule has 0 spiro atoms. The lowest BCUT2D eigenvalue weighted by Crippen LogP contribution is -2.49. The highest BCUT2D eigenvalue weighted by Crippen LogP contribution is 2.43. The zero-order chi connectivity index (χ0) is 14.2. The van der Waals surface area contributed by atoms with E-state index >= 15 is 0 Å². The molecule has 4 nitrogen and oxygen atoms in total. The van der Waals surface area contributed by atoms with Gasteiger partial charge < -0.3 is 15.5 Å². The minimum Gasteiger partial charge on any atom is -0.384 e. The third kappa shape index (κ3) is 2.22. The molecule has 21 heavy (non-hydrogen) atoms. The summed E-state index contributed by atoms with van der Waals surface area (Å²) in [6.07, 6.45) is 4.48. The van der Waals surface area contributed by atoms with Crippen LogP contribution in [0.15, 0.2) is 24.3 Å². The number of likely N-dealkylation sites (tertiary alicyclic amines) is 1. The van der Waals surface area contributed by atoms with E-state index in [0.717, 1.165) is 32.5 Å². The molecule has 3 atom stereocenters. The van der Waals surface area contributed by atoms with E-state index in [1.165, 1.54) is 24.1 Å². The molecule has 1 aromatic rings. The van der Waals surface area contributed by atoms with Crippen LogP contribution in [0.5, 0.6) is 0 Å². The maximum atomic E-state index is 12.9. The molecule has 2 N–H and O–H groups in total. The smallest absolute Gasteiger partial charge is 0.240 e. The third-order valence-electron chi connectivity index (χ3n) is 5.25. The summed E-state index contributed by atoms with van der Waals surface area (Å²) in [6, 6.07) is 8.78. The summed E-state index contributed by atoms with van der Waals surface area (Å²) in [5.74, 6) is 0.881. The molecular formula is C17H23N3O.